The summed E-state index contributed by atoms with van der Waals surface area (Å²) in [7, 11) is 1.27. The van der Waals surface area contributed by atoms with Crippen LogP contribution in [0.15, 0.2) is 77.4 Å². The quantitative estimate of drug-likeness (QED) is 0.380. The van der Waals surface area contributed by atoms with Crippen LogP contribution in [-0.2, 0) is 9.53 Å². The number of carbonyl (C=O) groups excluding carboxylic acids is 2. The fourth-order valence-corrected chi connectivity index (χ4v) is 2.91. The first-order chi connectivity index (χ1) is 15.2. The zero-order chi connectivity index (χ0) is 21.6. The van der Waals surface area contributed by atoms with Crippen LogP contribution >= 0.6 is 0 Å². The second-order valence-corrected chi connectivity index (χ2v) is 6.32. The van der Waals surface area contributed by atoms with Gasteiger partial charge in [-0.05, 0) is 34.7 Å². The van der Waals surface area contributed by atoms with Crippen LogP contribution in [0.4, 0.5) is 5.69 Å². The molecular formula is C22H17N5O4. The normalized spacial score (nSPS) is 11.2. The molecule has 2 aromatic heterocycles. The fourth-order valence-electron chi connectivity index (χ4n) is 2.91. The molecule has 31 heavy (non-hydrogen) atoms. The van der Waals surface area contributed by atoms with Gasteiger partial charge in [0.15, 0.2) is 5.82 Å². The van der Waals surface area contributed by atoms with Gasteiger partial charge in [-0.3, -0.25) is 4.79 Å². The maximum atomic E-state index is 13.3. The highest BCUT2D eigenvalue weighted by atomic mass is 16.5. The van der Waals surface area contributed by atoms with Crippen molar-refractivity contribution in [1.29, 1.82) is 0 Å². The van der Waals surface area contributed by atoms with Gasteiger partial charge in [-0.2, -0.15) is 4.68 Å². The highest BCUT2D eigenvalue weighted by Gasteiger charge is 2.22. The van der Waals surface area contributed by atoms with E-state index in [4.69, 9.17) is 9.15 Å². The minimum Gasteiger partial charge on any atom is -0.465 e. The number of hydrogen-bond donors (Lipinski definition) is 1. The van der Waals surface area contributed by atoms with E-state index in [9.17, 15) is 9.59 Å². The largest absolute Gasteiger partial charge is 0.465 e. The third-order valence-corrected chi connectivity index (χ3v) is 4.37. The highest BCUT2D eigenvalue weighted by molar-refractivity contribution is 6.25. The van der Waals surface area contributed by atoms with Crippen molar-refractivity contribution in [3.05, 3.63) is 84.3 Å². The number of esters is 1. The summed E-state index contributed by atoms with van der Waals surface area (Å²) in [5.41, 5.74) is 1.33. The fraction of sp³-hybridized carbons (Fsp3) is 0.0455. The summed E-state index contributed by atoms with van der Waals surface area (Å²) in [5, 5.41) is 14.5. The molecule has 4 aromatic rings. The van der Waals surface area contributed by atoms with E-state index in [1.807, 2.05) is 30.3 Å². The molecule has 0 saturated carbocycles. The number of ether oxygens (including phenoxy) is 1. The number of para-hydroxylation sites is 1. The number of carbonyl (C=O) groups is 2. The van der Waals surface area contributed by atoms with Gasteiger partial charge in [-0.1, -0.05) is 42.5 Å². The number of nitrogens with one attached hydrogen (secondary N) is 1. The summed E-state index contributed by atoms with van der Waals surface area (Å²) in [6.45, 7) is 0. The molecule has 1 amide bonds. The van der Waals surface area contributed by atoms with E-state index in [0.717, 1.165) is 5.56 Å². The lowest BCUT2D eigenvalue weighted by Gasteiger charge is -2.12. The highest BCUT2D eigenvalue weighted by Crippen LogP contribution is 2.23. The van der Waals surface area contributed by atoms with Crippen molar-refractivity contribution in [2.45, 2.75) is 0 Å². The minimum atomic E-state index is -0.570. The van der Waals surface area contributed by atoms with Crippen LogP contribution in [-0.4, -0.2) is 39.2 Å². The number of methoxy groups -OCH3 is 1. The van der Waals surface area contributed by atoms with Gasteiger partial charge < -0.3 is 14.5 Å². The number of anilines is 1. The van der Waals surface area contributed by atoms with Gasteiger partial charge in [0.05, 0.1) is 24.6 Å². The van der Waals surface area contributed by atoms with Crippen LogP contribution in [0, 0.1) is 0 Å². The van der Waals surface area contributed by atoms with E-state index in [2.05, 4.69) is 20.8 Å². The van der Waals surface area contributed by atoms with Crippen LogP contribution in [0.3, 0.4) is 0 Å². The molecule has 2 aromatic carbocycles. The number of amides is 1. The zero-order valence-electron chi connectivity index (χ0n) is 16.4. The van der Waals surface area contributed by atoms with Crippen LogP contribution < -0.4 is 5.32 Å². The summed E-state index contributed by atoms with van der Waals surface area (Å²) in [6, 6.07) is 19.2. The molecule has 1 N–H and O–H groups in total. The third kappa shape index (κ3) is 4.25. The molecule has 0 aliphatic heterocycles. The molecule has 2 heterocycles. The molecule has 0 radical (unpaired) electrons. The summed E-state index contributed by atoms with van der Waals surface area (Å²) >= 11 is 0. The first kappa shape index (κ1) is 19.8. The number of tetrazole rings is 1. The van der Waals surface area contributed by atoms with Crippen LogP contribution in [0.5, 0.6) is 0 Å². The van der Waals surface area contributed by atoms with Gasteiger partial charge in [0.1, 0.15) is 11.5 Å². The van der Waals surface area contributed by atoms with Crippen LogP contribution in [0.1, 0.15) is 16.1 Å². The van der Waals surface area contributed by atoms with Gasteiger partial charge >= 0.3 is 5.97 Å². The van der Waals surface area contributed by atoms with E-state index < -0.39 is 11.9 Å². The van der Waals surface area contributed by atoms with Crippen molar-refractivity contribution in [2.24, 2.45) is 0 Å². The molecular weight excluding hydrogens is 398 g/mol. The Morgan fingerprint density at radius 1 is 1.03 bits per heavy atom. The van der Waals surface area contributed by atoms with Crippen molar-refractivity contribution in [3.63, 3.8) is 0 Å². The first-order valence-electron chi connectivity index (χ1n) is 9.25. The van der Waals surface area contributed by atoms with Crippen molar-refractivity contribution in [3.8, 4) is 11.4 Å². The van der Waals surface area contributed by atoms with Crippen molar-refractivity contribution < 1.29 is 18.7 Å². The molecule has 0 aliphatic rings. The SMILES string of the molecule is COC(=O)c1ccccc1NC(=O)/C(=C\c1ccco1)n1nnnc1-c1ccccc1. The van der Waals surface area contributed by atoms with Crippen molar-refractivity contribution >= 4 is 29.3 Å². The molecule has 154 valence electrons. The Bertz CT molecular complexity index is 1230. The summed E-state index contributed by atoms with van der Waals surface area (Å²) in [6.07, 6.45) is 3.00. The second-order valence-electron chi connectivity index (χ2n) is 6.32. The van der Waals surface area contributed by atoms with Crippen molar-refractivity contribution in [2.75, 3.05) is 12.4 Å². The number of hydrogen-bond acceptors (Lipinski definition) is 7. The molecule has 4 rings (SSSR count). The number of rotatable bonds is 6. The number of aromatic nitrogens is 4. The van der Waals surface area contributed by atoms with Gasteiger partial charge in [0, 0.05) is 11.6 Å². The first-order valence-corrected chi connectivity index (χ1v) is 9.25. The smallest absolute Gasteiger partial charge is 0.339 e. The Balaban J connectivity index is 1.76. The van der Waals surface area contributed by atoms with E-state index in [1.165, 1.54) is 24.1 Å². The molecule has 0 aliphatic carbocycles. The van der Waals surface area contributed by atoms with E-state index in [1.54, 1.807) is 36.4 Å². The van der Waals surface area contributed by atoms with E-state index in [-0.39, 0.29) is 11.3 Å². The average Bonchev–Trinajstić information content (AvgIpc) is 3.50. The van der Waals surface area contributed by atoms with Gasteiger partial charge in [-0.25, -0.2) is 4.79 Å². The van der Waals surface area contributed by atoms with Crippen LogP contribution in [0.25, 0.3) is 23.2 Å². The van der Waals surface area contributed by atoms with Gasteiger partial charge in [-0.15, -0.1) is 5.10 Å². The summed E-state index contributed by atoms with van der Waals surface area (Å²) in [4.78, 5) is 25.4. The Morgan fingerprint density at radius 2 is 1.81 bits per heavy atom. The van der Waals surface area contributed by atoms with Crippen molar-refractivity contribution in [1.82, 2.24) is 20.2 Å². The maximum absolute atomic E-state index is 13.3. The molecule has 0 bridgehead atoms. The molecule has 0 fully saturated rings. The average molecular weight is 415 g/mol. The summed E-state index contributed by atoms with van der Waals surface area (Å²) < 4.78 is 11.5. The minimum absolute atomic E-state index is 0.0958. The predicted octanol–water partition coefficient (Wildman–Crippen LogP) is 3.36. The van der Waals surface area contributed by atoms with E-state index in [0.29, 0.717) is 17.3 Å². The van der Waals surface area contributed by atoms with Gasteiger partial charge in [0.2, 0.25) is 0 Å². The third-order valence-electron chi connectivity index (χ3n) is 4.37. The lowest BCUT2D eigenvalue weighted by molar-refractivity contribution is -0.111. The van der Waals surface area contributed by atoms with Gasteiger partial charge in [0.25, 0.3) is 5.91 Å². The Labute approximate surface area is 177 Å². The molecule has 0 unspecified atom stereocenters. The molecule has 9 nitrogen and oxygen atoms in total. The summed E-state index contributed by atoms with van der Waals surface area (Å²) in [5.74, 6) is -0.312. The van der Waals surface area contributed by atoms with Crippen LogP contribution in [0.2, 0.25) is 0 Å². The van der Waals surface area contributed by atoms with E-state index >= 15 is 0 Å². The maximum Gasteiger partial charge on any atom is 0.339 e. The Hall–Kier alpha value is -4.53. The lowest BCUT2D eigenvalue weighted by atomic mass is 10.1. The lowest BCUT2D eigenvalue weighted by Crippen LogP contribution is -2.21. The Kier molecular flexibility index (Phi) is 5.66. The predicted molar refractivity (Wildman–Crippen MR) is 113 cm³/mol. The zero-order valence-corrected chi connectivity index (χ0v) is 16.4. The number of furan rings is 1. The number of nitrogens with zero attached hydrogens (tertiary/aromatic N) is 4. The molecule has 0 spiro atoms. The Morgan fingerprint density at radius 3 is 2.55 bits per heavy atom. The monoisotopic (exact) mass is 415 g/mol. The molecule has 9 heteroatoms. The molecule has 0 saturated heterocycles. The molecule has 0 atom stereocenters. The second kappa shape index (κ2) is 8.87. The number of benzene rings is 2. The topological polar surface area (TPSA) is 112 Å². The standard InChI is InChI=1S/C22H17N5O4/c1-30-22(29)17-11-5-6-12-18(17)23-21(28)19(14-16-10-7-13-31-16)27-20(24-25-26-27)15-8-3-2-4-9-15/h2-14H,1H3,(H,23,28)/b19-14+.